The van der Waals surface area contributed by atoms with Gasteiger partial charge in [0.25, 0.3) is 0 Å². The molecule has 0 aliphatic heterocycles. The van der Waals surface area contributed by atoms with Crippen molar-refractivity contribution in [3.8, 4) is 22.6 Å². The Bertz CT molecular complexity index is 4490. The lowest BCUT2D eigenvalue weighted by Gasteiger charge is -2.15. The molecule has 0 radical (unpaired) electrons. The number of nitrogens with zero attached hydrogens (tertiary/aromatic N) is 4. The lowest BCUT2D eigenvalue weighted by Crippen LogP contribution is -2.00. The minimum atomic E-state index is 0.830. The first-order chi connectivity index (χ1) is 31.7. The van der Waals surface area contributed by atoms with E-state index < -0.39 is 0 Å². The standard InChI is InChI=1S/C58H32N4OS/c1-3-13-38-33(10-1)19-22-42-46-27-36-28-53(62-50-18-8-6-16-41(50)45-29-47-43-23-20-34-11-2-4-14-39(34)58(43)64-55(47)31-52(45)62)56(60-48(36)30-54(46)63-57(38)42)35-21-24-51-44(26-35)40-15-5-7-17-49(40)61(51)37-12-9-25-59-32-37/h1-32H. The summed E-state index contributed by atoms with van der Waals surface area (Å²) >= 11 is 1.88. The summed E-state index contributed by atoms with van der Waals surface area (Å²) in [7, 11) is 0. The Morgan fingerprint density at radius 1 is 0.438 bits per heavy atom. The Morgan fingerprint density at radius 3 is 1.95 bits per heavy atom. The summed E-state index contributed by atoms with van der Waals surface area (Å²) in [5.74, 6) is 0. The molecule has 6 heterocycles. The van der Waals surface area contributed by atoms with Crippen molar-refractivity contribution in [3.63, 3.8) is 0 Å². The second-order valence-corrected chi connectivity index (χ2v) is 18.0. The van der Waals surface area contributed by atoms with Gasteiger partial charge in [0.05, 0.1) is 50.8 Å². The molecule has 5 nitrogen and oxygen atoms in total. The summed E-state index contributed by atoms with van der Waals surface area (Å²) in [6, 6.07) is 66.2. The quantitative estimate of drug-likeness (QED) is 0.178. The third kappa shape index (κ3) is 4.67. The maximum absolute atomic E-state index is 6.73. The van der Waals surface area contributed by atoms with Crippen molar-refractivity contribution in [1.29, 1.82) is 0 Å². The van der Waals surface area contributed by atoms with Crippen LogP contribution < -0.4 is 0 Å². The topological polar surface area (TPSA) is 48.8 Å². The fraction of sp³-hybridized carbons (Fsp3) is 0. The van der Waals surface area contributed by atoms with Gasteiger partial charge >= 0.3 is 0 Å². The van der Waals surface area contributed by atoms with Gasteiger partial charge in [-0.2, -0.15) is 0 Å². The van der Waals surface area contributed by atoms with E-state index in [1.165, 1.54) is 47.1 Å². The third-order valence-electron chi connectivity index (χ3n) is 13.5. The number of hydrogen-bond donors (Lipinski definition) is 0. The van der Waals surface area contributed by atoms with E-state index in [4.69, 9.17) is 9.40 Å². The molecule has 0 bridgehead atoms. The molecule has 0 aliphatic carbocycles. The Morgan fingerprint density at radius 2 is 1.14 bits per heavy atom. The molecular formula is C58H32N4OS. The summed E-state index contributed by atoms with van der Waals surface area (Å²) in [6.45, 7) is 0. The second-order valence-electron chi connectivity index (χ2n) is 16.9. The minimum absolute atomic E-state index is 0.830. The number of furan rings is 1. The molecule has 15 aromatic rings. The number of thiophene rings is 1. The normalized spacial score (nSPS) is 12.4. The van der Waals surface area contributed by atoms with Crippen LogP contribution in [0.15, 0.2) is 199 Å². The maximum Gasteiger partial charge on any atom is 0.143 e. The molecule has 0 saturated carbocycles. The number of hydrogen-bond acceptors (Lipinski definition) is 4. The molecule has 6 aromatic heterocycles. The molecule has 0 fully saturated rings. The molecule has 296 valence electrons. The van der Waals surface area contributed by atoms with Crippen LogP contribution in [-0.2, 0) is 0 Å². The van der Waals surface area contributed by atoms with Crippen molar-refractivity contribution in [1.82, 2.24) is 19.1 Å². The molecule has 0 spiro atoms. The highest BCUT2D eigenvalue weighted by molar-refractivity contribution is 7.26. The van der Waals surface area contributed by atoms with E-state index in [-0.39, 0.29) is 0 Å². The number of rotatable bonds is 3. The van der Waals surface area contributed by atoms with Crippen LogP contribution in [0.2, 0.25) is 0 Å². The summed E-state index contributed by atoms with van der Waals surface area (Å²) < 4.78 is 14.1. The predicted molar refractivity (Wildman–Crippen MR) is 269 cm³/mol. The minimum Gasteiger partial charge on any atom is -0.455 e. The van der Waals surface area contributed by atoms with Gasteiger partial charge in [0.1, 0.15) is 11.2 Å². The Labute approximate surface area is 368 Å². The molecule has 0 amide bonds. The average molecular weight is 833 g/mol. The zero-order chi connectivity index (χ0) is 41.6. The lowest BCUT2D eigenvalue weighted by molar-refractivity contribution is 0.673. The van der Waals surface area contributed by atoms with E-state index >= 15 is 0 Å². The molecule has 0 atom stereocenters. The van der Waals surface area contributed by atoms with Gasteiger partial charge in [0.2, 0.25) is 0 Å². The molecule has 0 saturated heterocycles. The number of pyridine rings is 2. The Kier molecular flexibility index (Phi) is 6.77. The largest absolute Gasteiger partial charge is 0.455 e. The van der Waals surface area contributed by atoms with Gasteiger partial charge < -0.3 is 13.6 Å². The number of benzene rings is 9. The van der Waals surface area contributed by atoms with Gasteiger partial charge in [0, 0.05) is 81.1 Å². The zero-order valence-electron chi connectivity index (χ0n) is 34.1. The van der Waals surface area contributed by atoms with Crippen LogP contribution in [0.1, 0.15) is 0 Å². The summed E-state index contributed by atoms with van der Waals surface area (Å²) in [5.41, 5.74) is 11.2. The van der Waals surface area contributed by atoms with E-state index in [2.05, 4.69) is 190 Å². The average Bonchev–Trinajstić information content (AvgIpc) is 4.09. The molecule has 0 N–H and O–H groups in total. The van der Waals surface area contributed by atoms with Gasteiger partial charge in [-0.3, -0.25) is 4.98 Å². The van der Waals surface area contributed by atoms with Crippen LogP contribution >= 0.6 is 11.3 Å². The second kappa shape index (κ2) is 12.6. The zero-order valence-corrected chi connectivity index (χ0v) is 34.9. The molecule has 9 aromatic carbocycles. The molecule has 0 unspecified atom stereocenters. The van der Waals surface area contributed by atoms with Crippen LogP contribution in [0, 0.1) is 0 Å². The first-order valence-corrected chi connectivity index (χ1v) is 22.4. The maximum atomic E-state index is 6.73. The van der Waals surface area contributed by atoms with E-state index in [1.54, 1.807) is 0 Å². The highest BCUT2D eigenvalue weighted by Crippen LogP contribution is 2.45. The van der Waals surface area contributed by atoms with Gasteiger partial charge in [-0.25, -0.2) is 4.98 Å². The molecule has 6 heteroatoms. The van der Waals surface area contributed by atoms with E-state index in [0.29, 0.717) is 0 Å². The van der Waals surface area contributed by atoms with Crippen LogP contribution in [0.4, 0.5) is 0 Å². The molecular weight excluding hydrogens is 801 g/mol. The van der Waals surface area contributed by atoms with Gasteiger partial charge in [-0.15, -0.1) is 11.3 Å². The summed E-state index contributed by atoms with van der Waals surface area (Å²) in [6.07, 6.45) is 3.76. The summed E-state index contributed by atoms with van der Waals surface area (Å²) in [4.78, 5) is 10.2. The monoisotopic (exact) mass is 832 g/mol. The van der Waals surface area contributed by atoms with Crippen molar-refractivity contribution in [2.45, 2.75) is 0 Å². The fourth-order valence-electron chi connectivity index (χ4n) is 10.7. The van der Waals surface area contributed by atoms with Gasteiger partial charge in [-0.1, -0.05) is 109 Å². The SMILES string of the molecule is c1cncc(-n2c3ccccc3c3cc(-c4nc5cc6oc7c8ccccc8ccc7c6cc5cc4-n4c5ccccc5c5cc6c(cc54)sc4c5ccccc5ccc64)ccc32)c1. The molecule has 64 heavy (non-hydrogen) atoms. The highest BCUT2D eigenvalue weighted by Gasteiger charge is 2.22. The Hall–Kier alpha value is -8.32. The van der Waals surface area contributed by atoms with Crippen molar-refractivity contribution >= 4 is 130 Å². The number of fused-ring (bicyclic) bond motifs is 17. The van der Waals surface area contributed by atoms with Crippen LogP contribution in [0.5, 0.6) is 0 Å². The number of aromatic nitrogens is 4. The van der Waals surface area contributed by atoms with Crippen molar-refractivity contribution in [2.75, 3.05) is 0 Å². The lowest BCUT2D eigenvalue weighted by atomic mass is 10.0. The Balaban J connectivity index is 1.06. The van der Waals surface area contributed by atoms with E-state index in [0.717, 1.165) is 93.7 Å². The van der Waals surface area contributed by atoms with E-state index in [1.807, 2.05) is 29.8 Å². The smallest absolute Gasteiger partial charge is 0.143 e. The van der Waals surface area contributed by atoms with Crippen LogP contribution in [0.3, 0.4) is 0 Å². The van der Waals surface area contributed by atoms with Crippen molar-refractivity contribution in [2.24, 2.45) is 0 Å². The third-order valence-corrected chi connectivity index (χ3v) is 14.7. The first kappa shape index (κ1) is 34.3. The van der Waals surface area contributed by atoms with Crippen molar-refractivity contribution in [3.05, 3.63) is 194 Å². The highest BCUT2D eigenvalue weighted by atomic mass is 32.1. The van der Waals surface area contributed by atoms with Crippen LogP contribution in [-0.4, -0.2) is 19.1 Å². The molecule has 0 aliphatic rings. The van der Waals surface area contributed by atoms with Gasteiger partial charge in [0.15, 0.2) is 0 Å². The number of para-hydroxylation sites is 2. The van der Waals surface area contributed by atoms with Gasteiger partial charge in [-0.05, 0) is 82.9 Å². The van der Waals surface area contributed by atoms with Crippen molar-refractivity contribution < 1.29 is 4.42 Å². The van der Waals surface area contributed by atoms with Crippen LogP contribution in [0.25, 0.3) is 141 Å². The fourth-order valence-corrected chi connectivity index (χ4v) is 11.9. The van der Waals surface area contributed by atoms with E-state index in [9.17, 15) is 0 Å². The first-order valence-electron chi connectivity index (χ1n) is 21.6. The predicted octanol–water partition coefficient (Wildman–Crippen LogP) is 16.1. The summed E-state index contributed by atoms with van der Waals surface area (Å²) in [5, 5.41) is 15.4. The molecule has 15 rings (SSSR count).